The van der Waals surface area contributed by atoms with Crippen molar-refractivity contribution in [3.8, 4) is 0 Å². The first-order valence-corrected chi connectivity index (χ1v) is 4.05. The van der Waals surface area contributed by atoms with E-state index in [-0.39, 0.29) is 0 Å². The van der Waals surface area contributed by atoms with Crippen molar-refractivity contribution < 1.29 is 4.52 Å². The van der Waals surface area contributed by atoms with Crippen molar-refractivity contribution in [2.45, 2.75) is 6.54 Å². The lowest BCUT2D eigenvalue weighted by molar-refractivity contribution is 0.388. The van der Waals surface area contributed by atoms with Crippen LogP contribution < -0.4 is 11.1 Å². The molecule has 3 N–H and O–H groups in total. The molecule has 6 heteroatoms. The normalized spacial score (nSPS) is 10.0. The minimum absolute atomic E-state index is 0.501. The van der Waals surface area contributed by atoms with Gasteiger partial charge in [0.2, 0.25) is 0 Å². The molecule has 2 aromatic rings. The minimum atomic E-state index is 0.501. The Morgan fingerprint density at radius 3 is 3.14 bits per heavy atom. The highest BCUT2D eigenvalue weighted by atomic mass is 16.5. The quantitative estimate of drug-likeness (QED) is 0.740. The monoisotopic (exact) mass is 191 g/mol. The Labute approximate surface area is 80.1 Å². The first kappa shape index (κ1) is 8.49. The average Bonchev–Trinajstić information content (AvgIpc) is 2.69. The van der Waals surface area contributed by atoms with Crippen molar-refractivity contribution in [2.75, 3.05) is 11.1 Å². The van der Waals surface area contributed by atoms with E-state index in [9.17, 15) is 0 Å². The van der Waals surface area contributed by atoms with Gasteiger partial charge in [0, 0.05) is 6.07 Å². The molecular weight excluding hydrogens is 182 g/mol. The van der Waals surface area contributed by atoms with Crippen molar-refractivity contribution in [1.29, 1.82) is 0 Å². The number of aromatic nitrogens is 3. The third-order valence-electron chi connectivity index (χ3n) is 1.66. The van der Waals surface area contributed by atoms with Crippen molar-refractivity contribution in [2.24, 2.45) is 0 Å². The molecule has 0 radical (unpaired) electrons. The molecule has 0 saturated heterocycles. The maximum Gasteiger partial charge on any atom is 0.155 e. The van der Waals surface area contributed by atoms with E-state index in [2.05, 4.69) is 20.4 Å². The van der Waals surface area contributed by atoms with Gasteiger partial charge in [-0.05, 0) is 0 Å². The lowest BCUT2D eigenvalue weighted by Gasteiger charge is -2.04. The van der Waals surface area contributed by atoms with E-state index in [4.69, 9.17) is 10.3 Å². The number of hydrogen-bond donors (Lipinski definition) is 2. The maximum atomic E-state index is 5.63. The fourth-order valence-electron chi connectivity index (χ4n) is 0.992. The molecule has 0 saturated carbocycles. The Balaban J connectivity index is 2.02. The Bertz CT molecular complexity index is 400. The van der Waals surface area contributed by atoms with Crippen LogP contribution in [0.25, 0.3) is 0 Å². The Hall–Kier alpha value is -2.11. The van der Waals surface area contributed by atoms with Gasteiger partial charge in [-0.25, -0.2) is 9.97 Å². The smallest absolute Gasteiger partial charge is 0.155 e. The van der Waals surface area contributed by atoms with Gasteiger partial charge in [-0.3, -0.25) is 0 Å². The van der Waals surface area contributed by atoms with Crippen LogP contribution in [-0.2, 0) is 6.54 Å². The summed E-state index contributed by atoms with van der Waals surface area (Å²) in [6.07, 6.45) is 4.55. The van der Waals surface area contributed by atoms with Gasteiger partial charge in [-0.15, -0.1) is 0 Å². The molecular formula is C8H9N5O. The molecule has 0 aliphatic rings. The number of hydrogen-bond acceptors (Lipinski definition) is 6. The SMILES string of the molecule is Nc1cncnc1NCc1ccno1. The van der Waals surface area contributed by atoms with Crippen molar-refractivity contribution in [3.05, 3.63) is 30.5 Å². The molecule has 72 valence electrons. The summed E-state index contributed by atoms with van der Waals surface area (Å²) in [7, 11) is 0. The van der Waals surface area contributed by atoms with E-state index in [0.717, 1.165) is 5.76 Å². The van der Waals surface area contributed by atoms with Crippen LogP contribution in [0.4, 0.5) is 11.5 Å². The zero-order chi connectivity index (χ0) is 9.80. The third-order valence-corrected chi connectivity index (χ3v) is 1.66. The molecule has 0 fully saturated rings. The van der Waals surface area contributed by atoms with Crippen LogP contribution in [0, 0.1) is 0 Å². The summed E-state index contributed by atoms with van der Waals surface area (Å²) in [5.41, 5.74) is 6.13. The Morgan fingerprint density at radius 1 is 1.50 bits per heavy atom. The molecule has 0 spiro atoms. The van der Waals surface area contributed by atoms with E-state index in [1.165, 1.54) is 12.5 Å². The second kappa shape index (κ2) is 3.73. The van der Waals surface area contributed by atoms with Crippen molar-refractivity contribution in [1.82, 2.24) is 15.1 Å². The van der Waals surface area contributed by atoms with Crippen LogP contribution in [-0.4, -0.2) is 15.1 Å². The van der Waals surface area contributed by atoms with E-state index in [1.54, 1.807) is 12.3 Å². The first-order chi connectivity index (χ1) is 6.86. The van der Waals surface area contributed by atoms with Crippen LogP contribution in [0.2, 0.25) is 0 Å². The van der Waals surface area contributed by atoms with Gasteiger partial charge in [-0.2, -0.15) is 0 Å². The lowest BCUT2D eigenvalue weighted by atomic mass is 10.4. The number of rotatable bonds is 3. The topological polar surface area (TPSA) is 89.9 Å². The number of nitrogens with two attached hydrogens (primary N) is 1. The summed E-state index contributed by atoms with van der Waals surface area (Å²) in [5, 5.41) is 6.58. The summed E-state index contributed by atoms with van der Waals surface area (Å²) < 4.78 is 4.90. The second-order valence-electron chi connectivity index (χ2n) is 2.66. The minimum Gasteiger partial charge on any atom is -0.394 e. The molecule has 0 aromatic carbocycles. The van der Waals surface area contributed by atoms with Crippen LogP contribution in [0.1, 0.15) is 5.76 Å². The van der Waals surface area contributed by atoms with Crippen LogP contribution >= 0.6 is 0 Å². The van der Waals surface area contributed by atoms with Crippen LogP contribution in [0.5, 0.6) is 0 Å². The number of nitrogens with one attached hydrogen (secondary N) is 1. The standard InChI is InChI=1S/C8H9N5O/c9-7-4-10-5-12-8(7)11-3-6-1-2-13-14-6/h1-2,4-5H,3,9H2,(H,10,11,12). The molecule has 14 heavy (non-hydrogen) atoms. The van der Waals surface area contributed by atoms with E-state index < -0.39 is 0 Å². The summed E-state index contributed by atoms with van der Waals surface area (Å²) in [6.45, 7) is 0.501. The highest BCUT2D eigenvalue weighted by Gasteiger charge is 2.01. The highest BCUT2D eigenvalue weighted by molar-refractivity contribution is 5.58. The summed E-state index contributed by atoms with van der Waals surface area (Å²) in [4.78, 5) is 7.75. The predicted octanol–water partition coefficient (Wildman–Crippen LogP) is 0.659. The fourth-order valence-corrected chi connectivity index (χ4v) is 0.992. The van der Waals surface area contributed by atoms with Gasteiger partial charge in [-0.1, -0.05) is 5.16 Å². The second-order valence-corrected chi connectivity index (χ2v) is 2.66. The molecule has 6 nitrogen and oxygen atoms in total. The predicted molar refractivity (Wildman–Crippen MR) is 50.3 cm³/mol. The number of anilines is 2. The molecule has 0 bridgehead atoms. The zero-order valence-corrected chi connectivity index (χ0v) is 7.34. The van der Waals surface area contributed by atoms with Gasteiger partial charge in [0.05, 0.1) is 24.6 Å². The largest absolute Gasteiger partial charge is 0.394 e. The van der Waals surface area contributed by atoms with E-state index in [0.29, 0.717) is 18.1 Å². The number of nitrogen functional groups attached to an aromatic ring is 1. The van der Waals surface area contributed by atoms with Crippen LogP contribution in [0.15, 0.2) is 29.3 Å². The molecule has 0 aliphatic carbocycles. The van der Waals surface area contributed by atoms with E-state index >= 15 is 0 Å². The van der Waals surface area contributed by atoms with E-state index in [1.807, 2.05) is 0 Å². The summed E-state index contributed by atoms with van der Waals surface area (Å²) in [6, 6.07) is 1.77. The van der Waals surface area contributed by atoms with Gasteiger partial charge in [0.25, 0.3) is 0 Å². The zero-order valence-electron chi connectivity index (χ0n) is 7.34. The highest BCUT2D eigenvalue weighted by Crippen LogP contribution is 2.12. The van der Waals surface area contributed by atoms with Crippen molar-refractivity contribution in [3.63, 3.8) is 0 Å². The third kappa shape index (κ3) is 1.79. The summed E-state index contributed by atoms with van der Waals surface area (Å²) >= 11 is 0. The lowest BCUT2D eigenvalue weighted by Crippen LogP contribution is -2.04. The molecule has 2 heterocycles. The molecule has 0 aliphatic heterocycles. The average molecular weight is 191 g/mol. The number of nitrogens with zero attached hydrogens (tertiary/aromatic N) is 3. The Kier molecular flexibility index (Phi) is 2.26. The fraction of sp³-hybridized carbons (Fsp3) is 0.125. The van der Waals surface area contributed by atoms with Crippen LogP contribution in [0.3, 0.4) is 0 Å². The van der Waals surface area contributed by atoms with Gasteiger partial charge >= 0.3 is 0 Å². The summed E-state index contributed by atoms with van der Waals surface area (Å²) in [5.74, 6) is 1.32. The van der Waals surface area contributed by atoms with Crippen molar-refractivity contribution >= 4 is 11.5 Å². The molecule has 0 amide bonds. The Morgan fingerprint density at radius 2 is 2.43 bits per heavy atom. The maximum absolute atomic E-state index is 5.63. The molecule has 2 aromatic heterocycles. The van der Waals surface area contributed by atoms with Gasteiger partial charge in [0.1, 0.15) is 6.33 Å². The van der Waals surface area contributed by atoms with Gasteiger partial charge < -0.3 is 15.6 Å². The molecule has 2 rings (SSSR count). The molecule has 0 unspecified atom stereocenters. The first-order valence-electron chi connectivity index (χ1n) is 4.05. The molecule has 0 atom stereocenters. The van der Waals surface area contributed by atoms with Gasteiger partial charge in [0.15, 0.2) is 11.6 Å².